The van der Waals surface area contributed by atoms with Gasteiger partial charge in [-0.05, 0) is 68.0 Å². The molecule has 0 saturated carbocycles. The standard InChI is InChI=1S/C25H32N2O5/c1-14(2)26-20-11-10-17-18(13-21(20)29)19(27-15(3)28)9-7-8-16-12-22(30-4)24(31-5)25(32-6)23(16)17/h10-14,19H,7-9H2,1-6H3,(H,26,29)(H,27,28)/t19-/m1/s1. The van der Waals surface area contributed by atoms with Crippen molar-refractivity contribution >= 4 is 11.6 Å². The lowest BCUT2D eigenvalue weighted by molar-refractivity contribution is -0.119. The monoisotopic (exact) mass is 440 g/mol. The molecule has 7 nitrogen and oxygen atoms in total. The first-order valence-electron chi connectivity index (χ1n) is 10.8. The number of carbonyl (C=O) groups excluding carboxylic acids is 1. The smallest absolute Gasteiger partial charge is 0.217 e. The lowest BCUT2D eigenvalue weighted by Gasteiger charge is -2.27. The number of benzene rings is 1. The second-order valence-electron chi connectivity index (χ2n) is 8.25. The van der Waals surface area contributed by atoms with Crippen LogP contribution < -0.4 is 30.3 Å². The number of aryl methyl sites for hydroxylation is 1. The molecule has 1 atom stereocenters. The first-order chi connectivity index (χ1) is 15.3. The fourth-order valence-electron chi connectivity index (χ4n) is 4.33. The summed E-state index contributed by atoms with van der Waals surface area (Å²) in [5.41, 5.74) is 3.85. The molecule has 2 aromatic rings. The van der Waals surface area contributed by atoms with Crippen LogP contribution in [-0.4, -0.2) is 33.3 Å². The Balaban J connectivity index is 2.41. The molecule has 32 heavy (non-hydrogen) atoms. The van der Waals surface area contributed by atoms with Gasteiger partial charge in [-0.15, -0.1) is 0 Å². The molecule has 3 rings (SSSR count). The maximum absolute atomic E-state index is 13.1. The molecule has 0 unspecified atom stereocenters. The third-order valence-corrected chi connectivity index (χ3v) is 5.60. The molecular weight excluding hydrogens is 408 g/mol. The van der Waals surface area contributed by atoms with Gasteiger partial charge in [0, 0.05) is 18.5 Å². The molecule has 0 aromatic heterocycles. The van der Waals surface area contributed by atoms with E-state index in [9.17, 15) is 9.59 Å². The molecule has 172 valence electrons. The van der Waals surface area contributed by atoms with E-state index in [1.165, 1.54) is 6.92 Å². The summed E-state index contributed by atoms with van der Waals surface area (Å²) in [4.78, 5) is 25.1. The van der Waals surface area contributed by atoms with Gasteiger partial charge in [-0.1, -0.05) is 6.07 Å². The van der Waals surface area contributed by atoms with E-state index in [4.69, 9.17) is 14.2 Å². The Hall–Kier alpha value is -3.22. The van der Waals surface area contributed by atoms with E-state index in [1.54, 1.807) is 33.5 Å². The van der Waals surface area contributed by atoms with Gasteiger partial charge in [0.1, 0.15) is 0 Å². The number of carbonyl (C=O) groups is 1. The number of hydrogen-bond acceptors (Lipinski definition) is 6. The number of amides is 1. The molecule has 7 heteroatoms. The van der Waals surface area contributed by atoms with E-state index >= 15 is 0 Å². The Morgan fingerprint density at radius 1 is 1.06 bits per heavy atom. The van der Waals surface area contributed by atoms with Gasteiger partial charge in [-0.25, -0.2) is 0 Å². The lowest BCUT2D eigenvalue weighted by Crippen LogP contribution is -2.27. The Kier molecular flexibility index (Phi) is 7.28. The van der Waals surface area contributed by atoms with Gasteiger partial charge in [0.15, 0.2) is 11.5 Å². The van der Waals surface area contributed by atoms with E-state index in [0.29, 0.717) is 29.4 Å². The highest BCUT2D eigenvalue weighted by atomic mass is 16.5. The fraction of sp³-hybridized carbons (Fsp3) is 0.440. The molecule has 0 radical (unpaired) electrons. The lowest BCUT2D eigenvalue weighted by atomic mass is 9.85. The van der Waals surface area contributed by atoms with Crippen molar-refractivity contribution in [1.29, 1.82) is 0 Å². The maximum atomic E-state index is 13.1. The summed E-state index contributed by atoms with van der Waals surface area (Å²) in [6, 6.07) is 7.14. The summed E-state index contributed by atoms with van der Waals surface area (Å²) in [5, 5.41) is 6.25. The summed E-state index contributed by atoms with van der Waals surface area (Å²) in [6.45, 7) is 5.46. The third kappa shape index (κ3) is 4.66. The molecule has 0 saturated heterocycles. The van der Waals surface area contributed by atoms with Crippen LogP contribution >= 0.6 is 0 Å². The second kappa shape index (κ2) is 9.94. The number of methoxy groups -OCH3 is 3. The average molecular weight is 441 g/mol. The van der Waals surface area contributed by atoms with Crippen molar-refractivity contribution in [2.75, 3.05) is 26.6 Å². The molecule has 0 spiro atoms. The zero-order valence-corrected chi connectivity index (χ0v) is 19.6. The summed E-state index contributed by atoms with van der Waals surface area (Å²) in [7, 11) is 4.76. The quantitative estimate of drug-likeness (QED) is 0.704. The first kappa shape index (κ1) is 23.4. The molecule has 0 heterocycles. The SMILES string of the molecule is COc1cc2c(c(OC)c1OC)-c1ccc(NC(C)C)c(=O)cc1[C@H](NC(C)=O)CCC2. The minimum atomic E-state index is -0.291. The van der Waals surface area contributed by atoms with Crippen molar-refractivity contribution in [3.8, 4) is 28.4 Å². The van der Waals surface area contributed by atoms with Crippen molar-refractivity contribution in [3.63, 3.8) is 0 Å². The third-order valence-electron chi connectivity index (χ3n) is 5.60. The first-order valence-corrected chi connectivity index (χ1v) is 10.8. The van der Waals surface area contributed by atoms with Gasteiger partial charge in [-0.3, -0.25) is 9.59 Å². The van der Waals surface area contributed by atoms with Crippen molar-refractivity contribution in [2.45, 2.75) is 52.1 Å². The topological polar surface area (TPSA) is 85.9 Å². The number of fused-ring (bicyclic) bond motifs is 3. The van der Waals surface area contributed by atoms with Crippen LogP contribution in [0, 0.1) is 0 Å². The van der Waals surface area contributed by atoms with Gasteiger partial charge in [-0.2, -0.15) is 0 Å². The highest BCUT2D eigenvalue weighted by Gasteiger charge is 2.28. The van der Waals surface area contributed by atoms with E-state index in [0.717, 1.165) is 35.1 Å². The van der Waals surface area contributed by atoms with Crippen LogP contribution in [-0.2, 0) is 11.2 Å². The second-order valence-corrected chi connectivity index (χ2v) is 8.25. The number of nitrogens with one attached hydrogen (secondary N) is 2. The molecule has 0 bridgehead atoms. The van der Waals surface area contributed by atoms with Gasteiger partial charge in [0.25, 0.3) is 0 Å². The number of anilines is 1. The predicted octanol–water partition coefficient (Wildman–Crippen LogP) is 4.07. The summed E-state index contributed by atoms with van der Waals surface area (Å²) in [5.74, 6) is 1.49. The van der Waals surface area contributed by atoms with Crippen LogP contribution in [0.3, 0.4) is 0 Å². The van der Waals surface area contributed by atoms with Crippen molar-refractivity contribution in [1.82, 2.24) is 5.32 Å². The predicted molar refractivity (Wildman–Crippen MR) is 126 cm³/mol. The summed E-state index contributed by atoms with van der Waals surface area (Å²) >= 11 is 0. The molecule has 2 N–H and O–H groups in total. The van der Waals surface area contributed by atoms with E-state index in [2.05, 4.69) is 10.6 Å². The molecule has 1 amide bonds. The Morgan fingerprint density at radius 3 is 2.38 bits per heavy atom. The van der Waals surface area contributed by atoms with E-state index in [-0.39, 0.29) is 23.4 Å². The Morgan fingerprint density at radius 2 is 1.78 bits per heavy atom. The van der Waals surface area contributed by atoms with Crippen LogP contribution in [0.4, 0.5) is 5.69 Å². The molecular formula is C25H32N2O5. The van der Waals surface area contributed by atoms with Crippen LogP contribution in [0.2, 0.25) is 0 Å². The fourth-order valence-corrected chi connectivity index (χ4v) is 4.33. The summed E-state index contributed by atoms with van der Waals surface area (Å²) < 4.78 is 17.0. The van der Waals surface area contributed by atoms with Gasteiger partial charge in [0.05, 0.1) is 33.1 Å². The largest absolute Gasteiger partial charge is 0.493 e. The molecule has 1 aliphatic carbocycles. The van der Waals surface area contributed by atoms with Gasteiger partial charge < -0.3 is 24.8 Å². The van der Waals surface area contributed by atoms with Crippen LogP contribution in [0.5, 0.6) is 17.2 Å². The van der Waals surface area contributed by atoms with Gasteiger partial charge in [0.2, 0.25) is 17.1 Å². The molecule has 0 fully saturated rings. The normalized spacial score (nSPS) is 15.0. The average Bonchev–Trinajstić information content (AvgIpc) is 2.89. The highest BCUT2D eigenvalue weighted by Crippen LogP contribution is 2.49. The van der Waals surface area contributed by atoms with Gasteiger partial charge >= 0.3 is 0 Å². The molecule has 2 aromatic carbocycles. The van der Waals surface area contributed by atoms with E-state index in [1.807, 2.05) is 26.0 Å². The maximum Gasteiger partial charge on any atom is 0.217 e. The molecule has 0 aliphatic heterocycles. The van der Waals surface area contributed by atoms with Crippen molar-refractivity contribution < 1.29 is 19.0 Å². The zero-order chi connectivity index (χ0) is 23.4. The Labute approximate surface area is 189 Å². The number of ether oxygens (including phenoxy) is 3. The minimum Gasteiger partial charge on any atom is -0.493 e. The van der Waals surface area contributed by atoms with Crippen LogP contribution in [0.1, 0.15) is 50.8 Å². The zero-order valence-electron chi connectivity index (χ0n) is 19.6. The summed E-state index contributed by atoms with van der Waals surface area (Å²) in [6.07, 6.45) is 2.29. The molecule has 1 aliphatic rings. The Bertz CT molecular complexity index is 1060. The number of hydrogen-bond donors (Lipinski definition) is 2. The van der Waals surface area contributed by atoms with Crippen LogP contribution in [0.15, 0.2) is 29.1 Å². The van der Waals surface area contributed by atoms with E-state index < -0.39 is 0 Å². The minimum absolute atomic E-state index is 0.102. The van der Waals surface area contributed by atoms with Crippen molar-refractivity contribution in [2.24, 2.45) is 0 Å². The highest BCUT2D eigenvalue weighted by molar-refractivity contribution is 5.83. The van der Waals surface area contributed by atoms with Crippen LogP contribution in [0.25, 0.3) is 11.1 Å². The number of rotatable bonds is 6. The van der Waals surface area contributed by atoms with Crippen molar-refractivity contribution in [3.05, 3.63) is 45.6 Å².